The largest absolute Gasteiger partial charge is 0.472 e. The van der Waals surface area contributed by atoms with Crippen molar-refractivity contribution >= 4 is 25.2 Å². The maximum absolute atomic E-state index is 12.9. The third-order valence-corrected chi connectivity index (χ3v) is 7.00. The van der Waals surface area contributed by atoms with Gasteiger partial charge >= 0.3 is 13.8 Å². The lowest BCUT2D eigenvalue weighted by molar-refractivity contribution is -0.870. The fourth-order valence-corrected chi connectivity index (χ4v) is 4.33. The van der Waals surface area contributed by atoms with Crippen molar-refractivity contribution in [3.05, 3.63) is 82.4 Å². The van der Waals surface area contributed by atoms with Crippen LogP contribution in [-0.4, -0.2) is 99.5 Å². The molecule has 0 heterocycles. The molecule has 0 saturated carbocycles. The number of esters is 1. The van der Waals surface area contributed by atoms with Crippen LogP contribution >= 0.6 is 7.82 Å². The summed E-state index contributed by atoms with van der Waals surface area (Å²) in [7, 11) is 1.63. The van der Waals surface area contributed by atoms with Gasteiger partial charge in [0.1, 0.15) is 42.8 Å². The molecule has 262 valence electrons. The molecule has 18 heteroatoms. The molecule has 3 rings (SSSR count). The fraction of sp³-hybridized carbons (Fsp3) is 0.367. The Bertz CT molecular complexity index is 1500. The van der Waals surface area contributed by atoms with Crippen molar-refractivity contribution in [3.8, 4) is 23.0 Å². The molecule has 3 N–H and O–H groups in total. The Morgan fingerprint density at radius 2 is 1.31 bits per heavy atom. The number of ether oxygens (including phenoxy) is 5. The Morgan fingerprint density at radius 1 is 0.792 bits per heavy atom. The number of likely N-dealkylation sites (N-methyl/N-ethyl adjacent to an activating group) is 1. The minimum Gasteiger partial charge on any atom is -0.460 e. The van der Waals surface area contributed by atoms with Crippen LogP contribution in [0.3, 0.4) is 0 Å². The second kappa shape index (κ2) is 19.0. The Balaban J connectivity index is 1.47. The minimum atomic E-state index is -4.16. The zero-order valence-electron chi connectivity index (χ0n) is 26.6. The lowest BCUT2D eigenvalue weighted by Crippen LogP contribution is -2.37. The first-order valence-electron chi connectivity index (χ1n) is 14.5. The molecule has 0 saturated heterocycles. The normalized spacial score (nSPS) is 12.6. The van der Waals surface area contributed by atoms with Crippen molar-refractivity contribution in [1.82, 2.24) is 0 Å². The Kier molecular flexibility index (Phi) is 15.1. The molecule has 1 atom stereocenters. The quantitative estimate of drug-likeness (QED) is 0.0240. The average molecular weight is 697 g/mol. The molecule has 3 aromatic rings. The lowest BCUT2D eigenvalue weighted by atomic mass is 10.2. The third-order valence-electron chi connectivity index (χ3n) is 5.98. The van der Waals surface area contributed by atoms with Gasteiger partial charge in [-0.3, -0.25) is 19.2 Å². The summed E-state index contributed by atoms with van der Waals surface area (Å²) < 4.78 is 50.0. The molecule has 17 nitrogen and oxygen atoms in total. The van der Waals surface area contributed by atoms with Crippen LogP contribution in [0, 0.1) is 10.1 Å². The zero-order valence-corrected chi connectivity index (χ0v) is 27.5. The number of non-ortho nitro benzene ring substituents is 1. The van der Waals surface area contributed by atoms with E-state index >= 15 is 0 Å². The first-order chi connectivity index (χ1) is 22.8. The van der Waals surface area contributed by atoms with Gasteiger partial charge < -0.3 is 33.1 Å². The molecule has 0 aliphatic rings. The van der Waals surface area contributed by atoms with E-state index < -0.39 is 18.7 Å². The summed E-state index contributed by atoms with van der Waals surface area (Å²) >= 11 is 0. The van der Waals surface area contributed by atoms with Gasteiger partial charge in [-0.25, -0.2) is 20.1 Å². The van der Waals surface area contributed by atoms with E-state index in [0.717, 1.165) is 0 Å². The van der Waals surface area contributed by atoms with Gasteiger partial charge in [0.15, 0.2) is 0 Å². The average Bonchev–Trinajstić information content (AvgIpc) is 3.02. The molecule has 0 amide bonds. The van der Waals surface area contributed by atoms with Gasteiger partial charge in [-0.1, -0.05) is 0 Å². The predicted octanol–water partition coefficient (Wildman–Crippen LogP) is 5.03. The summed E-state index contributed by atoms with van der Waals surface area (Å²) in [5.74, 6) is 0.411. The Morgan fingerprint density at radius 3 is 1.85 bits per heavy atom. The zero-order chi connectivity index (χ0) is 35.0. The summed E-state index contributed by atoms with van der Waals surface area (Å²) in [5.41, 5.74) is 2.70. The highest BCUT2D eigenvalue weighted by Crippen LogP contribution is 2.42. The second-order valence-electron chi connectivity index (χ2n) is 10.9. The number of carbonyl (C=O) groups excluding carboxylic acids is 1. The molecule has 0 aliphatic carbocycles. The molecule has 0 aromatic heterocycles. The SMILES string of the molecule is C[N+](C)(C)CCOP(=O)(O)OCCOCCOCCOC(=O)c1cc(Oc2ccc(NOO)cc2)cc(Oc2ccc([N+](=O)[O-])cc2)c1. The van der Waals surface area contributed by atoms with E-state index in [1.54, 1.807) is 24.3 Å². The first kappa shape index (κ1) is 38.3. The summed E-state index contributed by atoms with van der Waals surface area (Å²) in [6.45, 7) is 0.838. The molecule has 0 spiro atoms. The highest BCUT2D eigenvalue weighted by atomic mass is 31.2. The van der Waals surface area contributed by atoms with Crippen molar-refractivity contribution in [2.45, 2.75) is 0 Å². The molecular formula is C30H39N3O14P+. The van der Waals surface area contributed by atoms with E-state index in [1.807, 2.05) is 21.1 Å². The number of hydrogen-bond donors (Lipinski definition) is 3. The van der Waals surface area contributed by atoms with Crippen molar-refractivity contribution in [2.75, 3.05) is 79.4 Å². The molecule has 48 heavy (non-hydrogen) atoms. The van der Waals surface area contributed by atoms with Crippen LogP contribution in [0.1, 0.15) is 10.4 Å². The Hall–Kier alpha value is -4.16. The molecule has 3 aromatic carbocycles. The molecular weight excluding hydrogens is 657 g/mol. The first-order valence-corrected chi connectivity index (χ1v) is 16.0. The van der Waals surface area contributed by atoms with Gasteiger partial charge in [0.25, 0.3) is 5.69 Å². The van der Waals surface area contributed by atoms with Crippen LogP contribution in [0.15, 0.2) is 66.7 Å². The van der Waals surface area contributed by atoms with E-state index in [0.29, 0.717) is 22.5 Å². The number of carbonyl (C=O) groups is 1. The fourth-order valence-electron chi connectivity index (χ4n) is 3.64. The highest BCUT2D eigenvalue weighted by molar-refractivity contribution is 7.47. The van der Waals surface area contributed by atoms with E-state index in [1.165, 1.54) is 42.5 Å². The molecule has 1 unspecified atom stereocenters. The van der Waals surface area contributed by atoms with Crippen LogP contribution in [0.5, 0.6) is 23.0 Å². The van der Waals surface area contributed by atoms with Crippen LogP contribution < -0.4 is 15.0 Å². The predicted molar refractivity (Wildman–Crippen MR) is 170 cm³/mol. The highest BCUT2D eigenvalue weighted by Gasteiger charge is 2.22. The Labute approximate surface area is 276 Å². The number of phosphoric ester groups is 1. The number of nitrogens with zero attached hydrogens (tertiary/aromatic N) is 2. The van der Waals surface area contributed by atoms with E-state index in [2.05, 4.69) is 10.5 Å². The van der Waals surface area contributed by atoms with Gasteiger partial charge in [-0.15, -0.1) is 4.99 Å². The van der Waals surface area contributed by atoms with Gasteiger partial charge in [0, 0.05) is 18.2 Å². The lowest BCUT2D eigenvalue weighted by Gasteiger charge is -2.24. The van der Waals surface area contributed by atoms with Gasteiger partial charge in [-0.2, -0.15) is 0 Å². The van der Waals surface area contributed by atoms with Crippen LogP contribution in [0.25, 0.3) is 0 Å². The number of rotatable bonds is 22. The van der Waals surface area contributed by atoms with Crippen LogP contribution in [0.2, 0.25) is 0 Å². The van der Waals surface area contributed by atoms with Crippen molar-refractivity contribution in [2.24, 2.45) is 0 Å². The van der Waals surface area contributed by atoms with E-state index in [-0.39, 0.29) is 74.7 Å². The number of nitro groups is 1. The van der Waals surface area contributed by atoms with Crippen molar-refractivity contribution in [3.63, 3.8) is 0 Å². The number of nitro benzene ring substituents is 1. The summed E-state index contributed by atoms with van der Waals surface area (Å²) in [5, 5.41) is 19.5. The number of anilines is 1. The van der Waals surface area contributed by atoms with Gasteiger partial charge in [0.2, 0.25) is 0 Å². The monoisotopic (exact) mass is 696 g/mol. The summed E-state index contributed by atoms with van der Waals surface area (Å²) in [6, 6.07) is 16.1. The van der Waals surface area contributed by atoms with Crippen molar-refractivity contribution in [1.29, 1.82) is 0 Å². The molecule has 0 radical (unpaired) electrons. The number of nitrogens with one attached hydrogen (secondary N) is 1. The van der Waals surface area contributed by atoms with Gasteiger partial charge in [0.05, 0.1) is 70.4 Å². The smallest absolute Gasteiger partial charge is 0.460 e. The van der Waals surface area contributed by atoms with Crippen molar-refractivity contribution < 1.29 is 66.6 Å². The molecule has 0 fully saturated rings. The summed E-state index contributed by atoms with van der Waals surface area (Å²) in [6.07, 6.45) is 0. The maximum atomic E-state index is 12.9. The molecule has 0 aliphatic heterocycles. The third kappa shape index (κ3) is 14.7. The van der Waals surface area contributed by atoms with E-state index in [4.69, 9.17) is 38.0 Å². The number of phosphoric acid groups is 1. The van der Waals surface area contributed by atoms with Crippen LogP contribution in [0.4, 0.5) is 11.4 Å². The topological polar surface area (TPSA) is 204 Å². The molecule has 0 bridgehead atoms. The number of quaternary nitrogens is 1. The maximum Gasteiger partial charge on any atom is 0.472 e. The standard InChI is InChI=1S/C30H38N3O14P/c1-33(2,3)12-13-43-48(38,39)44-19-17-41-15-14-40-16-18-42-30(34)23-20-28(45-26-8-4-24(5-9-26)31-47-37)22-29(21-23)46-27-10-6-25(7-11-27)32(35)36/h4-11,20-22,31H,12-19H2,1-3H3,(H-,37,38,39)/p+1. The van der Waals surface area contributed by atoms with Crippen LogP contribution in [-0.2, 0) is 32.8 Å². The number of hydrogen-bond acceptors (Lipinski definition) is 14. The minimum absolute atomic E-state index is 0.0440. The van der Waals surface area contributed by atoms with Gasteiger partial charge in [-0.05, 0) is 48.5 Å². The number of benzene rings is 3. The second-order valence-corrected chi connectivity index (χ2v) is 12.3. The summed E-state index contributed by atoms with van der Waals surface area (Å²) in [4.78, 5) is 36.9. The van der Waals surface area contributed by atoms with E-state index in [9.17, 15) is 24.4 Å².